The minimum Gasteiger partial charge on any atom is -0.243 e. The summed E-state index contributed by atoms with van der Waals surface area (Å²) >= 11 is 6.40. The van der Waals surface area contributed by atoms with Crippen molar-refractivity contribution in [1.82, 2.24) is 4.31 Å². The topological polar surface area (TPSA) is 20.3 Å². The minimum atomic E-state index is -0.895. The highest BCUT2D eigenvalue weighted by atomic mass is 35.5. The van der Waals surface area contributed by atoms with Gasteiger partial charge in [0.2, 0.25) is 0 Å². The van der Waals surface area contributed by atoms with Crippen LogP contribution in [0.4, 0.5) is 0 Å². The first kappa shape index (κ1) is 10.1. The smallest absolute Gasteiger partial charge is 0.0968 e. The van der Waals surface area contributed by atoms with E-state index in [1.807, 2.05) is 34.6 Å². The lowest BCUT2D eigenvalue weighted by Gasteiger charge is -2.44. The van der Waals surface area contributed by atoms with Gasteiger partial charge in [-0.3, -0.25) is 0 Å². The largest absolute Gasteiger partial charge is 0.243 e. The number of hydrogen-bond donors (Lipinski definition) is 0. The van der Waals surface area contributed by atoms with E-state index in [9.17, 15) is 4.21 Å². The van der Waals surface area contributed by atoms with E-state index in [-0.39, 0.29) is 4.87 Å². The van der Waals surface area contributed by atoms with E-state index in [4.69, 9.17) is 11.6 Å². The Morgan fingerprint density at radius 3 is 2.43 bits per heavy atom. The molecule has 0 saturated carbocycles. The molecule has 1 aromatic rings. The van der Waals surface area contributed by atoms with Crippen LogP contribution in [0.15, 0.2) is 30.3 Å². The van der Waals surface area contributed by atoms with Crippen molar-refractivity contribution in [2.45, 2.75) is 4.87 Å². The van der Waals surface area contributed by atoms with Crippen molar-refractivity contribution < 1.29 is 4.21 Å². The first-order valence-corrected chi connectivity index (χ1v) is 6.34. The normalized spacial score (nSPS) is 22.7. The number of rotatable bonds is 2. The van der Waals surface area contributed by atoms with Gasteiger partial charge in [-0.15, -0.1) is 11.6 Å². The monoisotopic (exact) mass is 229 g/mol. The molecular formula is C10H12ClNOS. The van der Waals surface area contributed by atoms with Crippen molar-refractivity contribution in [3.8, 4) is 0 Å². The van der Waals surface area contributed by atoms with Gasteiger partial charge in [0.1, 0.15) is 0 Å². The van der Waals surface area contributed by atoms with Crippen LogP contribution in [0.5, 0.6) is 0 Å². The standard InChI is InChI=1S/C10H12ClNOS/c1-14(13)12-7-10(11,8-12)9-5-3-2-4-6-9/h2-6H,7-8H2,1H3. The van der Waals surface area contributed by atoms with E-state index in [1.54, 1.807) is 6.26 Å². The van der Waals surface area contributed by atoms with Gasteiger partial charge < -0.3 is 0 Å². The third kappa shape index (κ3) is 1.72. The van der Waals surface area contributed by atoms with Crippen LogP contribution in [0.2, 0.25) is 0 Å². The van der Waals surface area contributed by atoms with Crippen molar-refractivity contribution in [2.24, 2.45) is 0 Å². The number of halogens is 1. The van der Waals surface area contributed by atoms with Gasteiger partial charge in [0, 0.05) is 19.3 Å². The molecule has 1 atom stereocenters. The maximum absolute atomic E-state index is 11.1. The first-order valence-electron chi connectivity index (χ1n) is 4.45. The molecule has 0 bridgehead atoms. The van der Waals surface area contributed by atoms with Gasteiger partial charge in [0.25, 0.3) is 0 Å². The minimum absolute atomic E-state index is 0.326. The molecule has 2 nitrogen and oxygen atoms in total. The lowest BCUT2D eigenvalue weighted by Crippen LogP contribution is -2.56. The summed E-state index contributed by atoms with van der Waals surface area (Å²) in [5.74, 6) is 0. The maximum Gasteiger partial charge on any atom is 0.0968 e. The summed E-state index contributed by atoms with van der Waals surface area (Å²) in [5, 5.41) is 0. The molecule has 0 N–H and O–H groups in total. The van der Waals surface area contributed by atoms with Crippen molar-refractivity contribution in [1.29, 1.82) is 0 Å². The van der Waals surface area contributed by atoms with Crippen LogP contribution in [0.1, 0.15) is 5.56 Å². The average molecular weight is 230 g/mol. The summed E-state index contributed by atoms with van der Waals surface area (Å²) in [4.78, 5) is -0.326. The summed E-state index contributed by atoms with van der Waals surface area (Å²) in [6.07, 6.45) is 1.68. The van der Waals surface area contributed by atoms with Crippen LogP contribution in [0.25, 0.3) is 0 Å². The van der Waals surface area contributed by atoms with Crippen molar-refractivity contribution in [3.63, 3.8) is 0 Å². The summed E-state index contributed by atoms with van der Waals surface area (Å²) < 4.78 is 13.0. The van der Waals surface area contributed by atoms with Gasteiger partial charge >= 0.3 is 0 Å². The first-order chi connectivity index (χ1) is 6.62. The number of hydrogen-bond acceptors (Lipinski definition) is 1. The molecule has 1 heterocycles. The highest BCUT2D eigenvalue weighted by Crippen LogP contribution is 2.38. The Hall–Kier alpha value is -0.380. The fourth-order valence-electron chi connectivity index (χ4n) is 1.61. The average Bonchev–Trinajstić information content (AvgIpc) is 2.14. The van der Waals surface area contributed by atoms with Crippen molar-refractivity contribution in [3.05, 3.63) is 35.9 Å². The third-order valence-corrected chi connectivity index (χ3v) is 3.95. The van der Waals surface area contributed by atoms with E-state index < -0.39 is 11.0 Å². The summed E-state index contributed by atoms with van der Waals surface area (Å²) in [6.45, 7) is 1.34. The molecule has 0 aliphatic carbocycles. The fraction of sp³-hybridized carbons (Fsp3) is 0.400. The Labute approximate surface area is 91.5 Å². The van der Waals surface area contributed by atoms with Gasteiger partial charge in [-0.05, 0) is 5.56 Å². The van der Waals surface area contributed by atoms with Crippen molar-refractivity contribution >= 4 is 22.6 Å². The van der Waals surface area contributed by atoms with E-state index in [1.165, 1.54) is 0 Å². The number of nitrogens with zero attached hydrogens (tertiary/aromatic N) is 1. The van der Waals surface area contributed by atoms with E-state index in [2.05, 4.69) is 0 Å². The van der Waals surface area contributed by atoms with Crippen LogP contribution in [-0.2, 0) is 15.9 Å². The van der Waals surface area contributed by atoms with E-state index in [0.29, 0.717) is 13.1 Å². The van der Waals surface area contributed by atoms with Crippen LogP contribution in [0, 0.1) is 0 Å². The predicted octanol–water partition coefficient (Wildman–Crippen LogP) is 1.73. The second-order valence-electron chi connectivity index (χ2n) is 3.55. The molecule has 1 aromatic carbocycles. The molecular weight excluding hydrogens is 218 g/mol. The molecule has 1 aliphatic heterocycles. The highest BCUT2D eigenvalue weighted by Gasteiger charge is 2.44. The zero-order valence-electron chi connectivity index (χ0n) is 7.94. The molecule has 14 heavy (non-hydrogen) atoms. The molecule has 0 aromatic heterocycles. The van der Waals surface area contributed by atoms with Gasteiger partial charge in [-0.1, -0.05) is 30.3 Å². The third-order valence-electron chi connectivity index (χ3n) is 2.51. The Morgan fingerprint density at radius 1 is 1.36 bits per heavy atom. The zero-order valence-corrected chi connectivity index (χ0v) is 9.52. The summed E-state index contributed by atoms with van der Waals surface area (Å²) in [5.41, 5.74) is 1.11. The highest BCUT2D eigenvalue weighted by molar-refractivity contribution is 7.81. The molecule has 2 rings (SSSR count). The summed E-state index contributed by atoms with van der Waals surface area (Å²) in [7, 11) is -0.895. The maximum atomic E-state index is 11.1. The quantitative estimate of drug-likeness (QED) is 0.708. The van der Waals surface area contributed by atoms with Gasteiger partial charge in [0.15, 0.2) is 0 Å². The second kappa shape index (κ2) is 3.65. The lowest BCUT2D eigenvalue weighted by molar-refractivity contribution is 0.241. The Balaban J connectivity index is 2.12. The lowest BCUT2D eigenvalue weighted by atomic mass is 9.93. The molecule has 0 spiro atoms. The molecule has 1 aliphatic rings. The zero-order chi connectivity index (χ0) is 10.2. The number of alkyl halides is 1. The molecule has 0 radical (unpaired) electrons. The molecule has 1 unspecified atom stereocenters. The molecule has 4 heteroatoms. The van der Waals surface area contributed by atoms with Gasteiger partial charge in [-0.25, -0.2) is 8.51 Å². The Morgan fingerprint density at radius 2 is 1.93 bits per heavy atom. The second-order valence-corrected chi connectivity index (χ2v) is 5.64. The van der Waals surface area contributed by atoms with Crippen LogP contribution < -0.4 is 0 Å². The van der Waals surface area contributed by atoms with Gasteiger partial charge in [0.05, 0.1) is 15.9 Å². The predicted molar refractivity (Wildman–Crippen MR) is 59.6 cm³/mol. The van der Waals surface area contributed by atoms with Gasteiger partial charge in [-0.2, -0.15) is 0 Å². The Bertz CT molecular complexity index is 348. The van der Waals surface area contributed by atoms with Crippen LogP contribution >= 0.6 is 11.6 Å². The molecule has 0 amide bonds. The van der Waals surface area contributed by atoms with Crippen LogP contribution in [0.3, 0.4) is 0 Å². The molecule has 76 valence electrons. The van der Waals surface area contributed by atoms with Crippen molar-refractivity contribution in [2.75, 3.05) is 19.3 Å². The van der Waals surface area contributed by atoms with E-state index in [0.717, 1.165) is 5.56 Å². The SMILES string of the molecule is CS(=O)N1CC(Cl)(c2ccccc2)C1. The Kier molecular flexibility index (Phi) is 2.64. The molecule has 1 fully saturated rings. The fourth-order valence-corrected chi connectivity index (χ4v) is 2.97. The van der Waals surface area contributed by atoms with Crippen LogP contribution in [-0.4, -0.2) is 27.9 Å². The summed E-state index contributed by atoms with van der Waals surface area (Å²) in [6, 6.07) is 9.96. The number of benzene rings is 1. The molecule has 1 saturated heterocycles. The van der Waals surface area contributed by atoms with E-state index >= 15 is 0 Å².